The minimum atomic E-state index is -0.590. The minimum Gasteiger partial charge on any atom is -0.481 e. The van der Waals surface area contributed by atoms with Crippen LogP contribution < -0.4 is 0 Å². The van der Waals surface area contributed by atoms with E-state index in [1.807, 2.05) is 0 Å². The third-order valence-electron chi connectivity index (χ3n) is 2.79. The number of hydrogen-bond acceptors (Lipinski definition) is 2. The number of carboxylic acid groups (broad SMARTS) is 1. The lowest BCUT2D eigenvalue weighted by Crippen LogP contribution is -2.29. The summed E-state index contributed by atoms with van der Waals surface area (Å²) in [6.45, 7) is 2.78. The second-order valence-corrected chi connectivity index (χ2v) is 3.36. The van der Waals surface area contributed by atoms with Gasteiger partial charge in [0.25, 0.3) is 0 Å². The van der Waals surface area contributed by atoms with Gasteiger partial charge in [0.2, 0.25) is 0 Å². The Balaban J connectivity index is 2.23. The Morgan fingerprint density at radius 2 is 2.00 bits per heavy atom. The molecule has 56 valence electrons. The van der Waals surface area contributed by atoms with Gasteiger partial charge in [-0.05, 0) is 25.9 Å². The highest BCUT2D eigenvalue weighted by molar-refractivity contribution is 5.76. The van der Waals surface area contributed by atoms with Gasteiger partial charge < -0.3 is 10.0 Å². The van der Waals surface area contributed by atoms with Crippen LogP contribution in [0.4, 0.5) is 0 Å². The predicted octanol–water partition coefficient (Wildman–Crippen LogP) is 0.167. The van der Waals surface area contributed by atoms with E-state index >= 15 is 0 Å². The Kier molecular flexibility index (Phi) is 1.06. The number of hydrogen-bond donors (Lipinski definition) is 1. The Morgan fingerprint density at radius 1 is 1.40 bits per heavy atom. The molecule has 3 heteroatoms. The molecule has 0 aromatic carbocycles. The fourth-order valence-electron chi connectivity index (χ4n) is 2.01. The molecular formula is C7H11NO2. The highest BCUT2D eigenvalue weighted by atomic mass is 16.4. The number of nitrogens with zero attached hydrogens (tertiary/aromatic N) is 1. The van der Waals surface area contributed by atoms with Crippen LogP contribution in [-0.2, 0) is 4.79 Å². The Bertz CT molecular complexity index is 170. The van der Waals surface area contributed by atoms with Gasteiger partial charge in [-0.1, -0.05) is 0 Å². The second kappa shape index (κ2) is 1.72. The molecule has 10 heavy (non-hydrogen) atoms. The highest BCUT2D eigenvalue weighted by Gasteiger charge is 2.49. The zero-order chi connectivity index (χ0) is 7.19. The predicted molar refractivity (Wildman–Crippen MR) is 35.7 cm³/mol. The number of rotatable bonds is 1. The molecule has 0 aliphatic carbocycles. The van der Waals surface area contributed by atoms with Crippen LogP contribution in [0.2, 0.25) is 0 Å². The molecule has 0 radical (unpaired) electrons. The lowest BCUT2D eigenvalue weighted by Gasteiger charge is -2.18. The molecule has 2 saturated heterocycles. The topological polar surface area (TPSA) is 40.5 Å². The van der Waals surface area contributed by atoms with Crippen molar-refractivity contribution in [1.82, 2.24) is 4.90 Å². The number of aliphatic carboxylic acids is 1. The summed E-state index contributed by atoms with van der Waals surface area (Å²) in [6.07, 6.45) is 1.73. The summed E-state index contributed by atoms with van der Waals surface area (Å²) >= 11 is 0. The van der Waals surface area contributed by atoms with Gasteiger partial charge in [0.05, 0.1) is 5.41 Å². The van der Waals surface area contributed by atoms with E-state index in [2.05, 4.69) is 4.90 Å². The standard InChI is InChI=1S/C7H11NO2/c9-6(10)7-1-3-8(5-7)4-2-7/h1-5H2,(H,9,10). The van der Waals surface area contributed by atoms with Crippen molar-refractivity contribution in [2.75, 3.05) is 19.6 Å². The van der Waals surface area contributed by atoms with Gasteiger partial charge in [-0.3, -0.25) is 4.79 Å². The molecule has 2 fully saturated rings. The van der Waals surface area contributed by atoms with Crippen LogP contribution in [0.1, 0.15) is 12.8 Å². The average Bonchev–Trinajstić information content (AvgIpc) is 2.45. The molecule has 1 N–H and O–H groups in total. The van der Waals surface area contributed by atoms with Gasteiger partial charge >= 0.3 is 5.97 Å². The van der Waals surface area contributed by atoms with Gasteiger partial charge in [-0.25, -0.2) is 0 Å². The minimum absolute atomic E-state index is 0.347. The van der Waals surface area contributed by atoms with Crippen LogP contribution >= 0.6 is 0 Å². The molecule has 0 saturated carbocycles. The smallest absolute Gasteiger partial charge is 0.311 e. The number of carboxylic acids is 1. The third kappa shape index (κ3) is 0.611. The fraction of sp³-hybridized carbons (Fsp3) is 0.857. The molecule has 2 aliphatic heterocycles. The highest BCUT2D eigenvalue weighted by Crippen LogP contribution is 2.40. The summed E-state index contributed by atoms with van der Waals surface area (Å²) in [7, 11) is 0. The summed E-state index contributed by atoms with van der Waals surface area (Å²) in [5.74, 6) is -0.590. The van der Waals surface area contributed by atoms with E-state index in [0.29, 0.717) is 0 Å². The summed E-state index contributed by atoms with van der Waals surface area (Å²) < 4.78 is 0. The van der Waals surface area contributed by atoms with E-state index in [4.69, 9.17) is 5.11 Å². The molecule has 0 unspecified atom stereocenters. The van der Waals surface area contributed by atoms with Crippen LogP contribution in [-0.4, -0.2) is 35.6 Å². The summed E-state index contributed by atoms with van der Waals surface area (Å²) in [4.78, 5) is 13.0. The Hall–Kier alpha value is -0.570. The first-order chi connectivity index (χ1) is 4.73. The average molecular weight is 141 g/mol. The quantitative estimate of drug-likeness (QED) is 0.565. The zero-order valence-corrected chi connectivity index (χ0v) is 5.84. The van der Waals surface area contributed by atoms with E-state index in [-0.39, 0.29) is 5.41 Å². The third-order valence-corrected chi connectivity index (χ3v) is 2.79. The van der Waals surface area contributed by atoms with E-state index in [1.54, 1.807) is 0 Å². The van der Waals surface area contributed by atoms with Crippen LogP contribution in [0.5, 0.6) is 0 Å². The Morgan fingerprint density at radius 3 is 2.20 bits per heavy atom. The SMILES string of the molecule is O=C(O)C12CCN(CC1)C2. The lowest BCUT2D eigenvalue weighted by atomic mass is 9.85. The maximum absolute atomic E-state index is 10.8. The molecule has 2 bridgehead atoms. The molecule has 0 aromatic heterocycles. The van der Waals surface area contributed by atoms with Crippen molar-refractivity contribution in [1.29, 1.82) is 0 Å². The second-order valence-electron chi connectivity index (χ2n) is 3.36. The molecule has 0 aromatic rings. The van der Waals surface area contributed by atoms with Crippen molar-refractivity contribution in [2.24, 2.45) is 5.41 Å². The van der Waals surface area contributed by atoms with Crippen LogP contribution in [0.15, 0.2) is 0 Å². The maximum atomic E-state index is 10.8. The summed E-state index contributed by atoms with van der Waals surface area (Å²) in [5.41, 5.74) is -0.347. The first-order valence-corrected chi connectivity index (χ1v) is 3.69. The van der Waals surface area contributed by atoms with Crippen LogP contribution in [0.3, 0.4) is 0 Å². The van der Waals surface area contributed by atoms with E-state index in [1.165, 1.54) is 0 Å². The Labute approximate surface area is 59.6 Å². The molecule has 2 aliphatic rings. The normalized spacial score (nSPS) is 44.2. The van der Waals surface area contributed by atoms with Crippen molar-refractivity contribution in [3.05, 3.63) is 0 Å². The fourth-order valence-corrected chi connectivity index (χ4v) is 2.01. The largest absolute Gasteiger partial charge is 0.481 e. The maximum Gasteiger partial charge on any atom is 0.311 e. The number of piperidine rings is 1. The van der Waals surface area contributed by atoms with E-state index in [0.717, 1.165) is 32.5 Å². The summed E-state index contributed by atoms with van der Waals surface area (Å²) in [6, 6.07) is 0. The van der Waals surface area contributed by atoms with Crippen molar-refractivity contribution in [2.45, 2.75) is 12.8 Å². The molecule has 2 rings (SSSR count). The van der Waals surface area contributed by atoms with Crippen molar-refractivity contribution in [3.8, 4) is 0 Å². The monoisotopic (exact) mass is 141 g/mol. The van der Waals surface area contributed by atoms with Crippen molar-refractivity contribution < 1.29 is 9.90 Å². The van der Waals surface area contributed by atoms with Crippen molar-refractivity contribution in [3.63, 3.8) is 0 Å². The molecule has 0 atom stereocenters. The zero-order valence-electron chi connectivity index (χ0n) is 5.84. The summed E-state index contributed by atoms with van der Waals surface area (Å²) in [5, 5.41) is 8.86. The van der Waals surface area contributed by atoms with Crippen molar-refractivity contribution >= 4 is 5.97 Å². The first kappa shape index (κ1) is 6.16. The van der Waals surface area contributed by atoms with Gasteiger partial charge in [0.1, 0.15) is 0 Å². The molecular weight excluding hydrogens is 130 g/mol. The van der Waals surface area contributed by atoms with E-state index in [9.17, 15) is 4.79 Å². The van der Waals surface area contributed by atoms with Gasteiger partial charge in [0.15, 0.2) is 0 Å². The number of fused-ring (bicyclic) bond motifs is 2. The van der Waals surface area contributed by atoms with Gasteiger partial charge in [0, 0.05) is 6.54 Å². The van der Waals surface area contributed by atoms with E-state index < -0.39 is 5.97 Å². The first-order valence-electron chi connectivity index (χ1n) is 3.69. The molecule has 2 heterocycles. The number of carbonyl (C=O) groups is 1. The van der Waals surface area contributed by atoms with Crippen LogP contribution in [0.25, 0.3) is 0 Å². The van der Waals surface area contributed by atoms with Gasteiger partial charge in [-0.15, -0.1) is 0 Å². The lowest BCUT2D eigenvalue weighted by molar-refractivity contribution is -0.147. The molecule has 3 nitrogen and oxygen atoms in total. The van der Waals surface area contributed by atoms with Crippen LogP contribution in [0, 0.1) is 5.41 Å². The molecule has 0 spiro atoms. The van der Waals surface area contributed by atoms with Gasteiger partial charge in [-0.2, -0.15) is 0 Å². The molecule has 0 amide bonds.